The van der Waals surface area contributed by atoms with Crippen molar-refractivity contribution in [3.05, 3.63) is 58.1 Å². The van der Waals surface area contributed by atoms with Crippen LogP contribution >= 0.6 is 11.6 Å². The van der Waals surface area contributed by atoms with E-state index >= 15 is 0 Å². The molecule has 1 heterocycles. The number of nitrogens with two attached hydrogens (primary N) is 1. The molecule has 0 aliphatic carbocycles. The molecular weight excluding hydrogens is 286 g/mol. The van der Waals surface area contributed by atoms with Crippen LogP contribution in [0.25, 0.3) is 0 Å². The lowest BCUT2D eigenvalue weighted by Crippen LogP contribution is -2.22. The number of Topliss-reactive ketones (excluding diaryl/α,β-unsaturated/α-hetero) is 1. The number of halogens is 1. The number of fused-ring (bicyclic) bond motifs is 1. The van der Waals surface area contributed by atoms with Gasteiger partial charge in [-0.05, 0) is 30.2 Å². The van der Waals surface area contributed by atoms with Crippen LogP contribution < -0.4 is 10.5 Å². The van der Waals surface area contributed by atoms with Gasteiger partial charge in [-0.25, -0.2) is 0 Å². The second kappa shape index (κ2) is 5.41. The topological polar surface area (TPSA) is 52.3 Å². The molecule has 1 atom stereocenters. The molecule has 2 N–H and O–H groups in total. The van der Waals surface area contributed by atoms with Crippen LogP contribution in [0.1, 0.15) is 40.9 Å². The Morgan fingerprint density at radius 3 is 2.81 bits per heavy atom. The molecule has 2 aromatic rings. The van der Waals surface area contributed by atoms with Gasteiger partial charge in [-0.3, -0.25) is 4.79 Å². The standard InChI is InChI=1S/C17H16ClNO2/c1-2-10-7-12-15(20)9-16(21-17(12)14(19)8-10)11-5-3-4-6-13(11)18/h3-8,16H,2,9,19H2,1H3. The quantitative estimate of drug-likeness (QED) is 0.846. The van der Waals surface area contributed by atoms with E-state index in [1.54, 1.807) is 6.07 Å². The molecular formula is C17H16ClNO2. The van der Waals surface area contributed by atoms with Crippen LogP contribution in [0, 0.1) is 0 Å². The first-order chi connectivity index (χ1) is 10.1. The summed E-state index contributed by atoms with van der Waals surface area (Å²) in [5, 5.41) is 0.600. The summed E-state index contributed by atoms with van der Waals surface area (Å²) in [6, 6.07) is 11.1. The van der Waals surface area contributed by atoms with Crippen molar-refractivity contribution in [1.29, 1.82) is 0 Å². The van der Waals surface area contributed by atoms with Gasteiger partial charge in [0.15, 0.2) is 11.5 Å². The van der Waals surface area contributed by atoms with Gasteiger partial charge in [-0.1, -0.05) is 36.7 Å². The highest BCUT2D eigenvalue weighted by Gasteiger charge is 2.30. The summed E-state index contributed by atoms with van der Waals surface area (Å²) in [5.74, 6) is 0.525. The highest BCUT2D eigenvalue weighted by molar-refractivity contribution is 6.31. The van der Waals surface area contributed by atoms with E-state index in [-0.39, 0.29) is 18.3 Å². The molecule has 21 heavy (non-hydrogen) atoms. The fourth-order valence-corrected chi connectivity index (χ4v) is 2.89. The van der Waals surface area contributed by atoms with Crippen molar-refractivity contribution in [3.63, 3.8) is 0 Å². The number of aryl methyl sites for hydroxylation is 1. The molecule has 3 nitrogen and oxygen atoms in total. The summed E-state index contributed by atoms with van der Waals surface area (Å²) in [7, 11) is 0. The largest absolute Gasteiger partial charge is 0.482 e. The number of nitrogen functional groups attached to an aromatic ring is 1. The third-order valence-corrected chi connectivity index (χ3v) is 4.11. The summed E-state index contributed by atoms with van der Waals surface area (Å²) in [6.45, 7) is 2.03. The van der Waals surface area contributed by atoms with Gasteiger partial charge in [-0.2, -0.15) is 0 Å². The van der Waals surface area contributed by atoms with Gasteiger partial charge in [0.2, 0.25) is 0 Å². The summed E-state index contributed by atoms with van der Waals surface area (Å²) >= 11 is 6.20. The fourth-order valence-electron chi connectivity index (χ4n) is 2.63. The summed E-state index contributed by atoms with van der Waals surface area (Å²) < 4.78 is 5.97. The van der Waals surface area contributed by atoms with E-state index in [9.17, 15) is 4.79 Å². The number of carbonyl (C=O) groups is 1. The third kappa shape index (κ3) is 2.49. The molecule has 4 heteroatoms. The SMILES string of the molecule is CCc1cc(N)c2c(c1)C(=O)CC(c1ccccc1Cl)O2. The predicted octanol–water partition coefficient (Wildman–Crippen LogP) is 4.19. The number of ketones is 1. The van der Waals surface area contributed by atoms with E-state index in [2.05, 4.69) is 0 Å². The first-order valence-electron chi connectivity index (χ1n) is 6.96. The number of hydrogen-bond donors (Lipinski definition) is 1. The second-order valence-corrected chi connectivity index (χ2v) is 5.58. The number of anilines is 1. The molecule has 108 valence electrons. The second-order valence-electron chi connectivity index (χ2n) is 5.17. The molecule has 0 saturated carbocycles. The molecule has 0 bridgehead atoms. The van der Waals surface area contributed by atoms with Crippen LogP contribution in [0.2, 0.25) is 5.02 Å². The number of ether oxygens (including phenoxy) is 1. The minimum absolute atomic E-state index is 0.0446. The molecule has 0 spiro atoms. The zero-order chi connectivity index (χ0) is 15.0. The number of hydrogen-bond acceptors (Lipinski definition) is 3. The van der Waals surface area contributed by atoms with Crippen LogP contribution in [0.15, 0.2) is 36.4 Å². The van der Waals surface area contributed by atoms with Crippen molar-refractivity contribution >= 4 is 23.1 Å². The lowest BCUT2D eigenvalue weighted by molar-refractivity contribution is 0.0851. The molecule has 2 aromatic carbocycles. The lowest BCUT2D eigenvalue weighted by atomic mass is 9.94. The van der Waals surface area contributed by atoms with Crippen molar-refractivity contribution in [2.24, 2.45) is 0 Å². The van der Waals surface area contributed by atoms with Gasteiger partial charge in [0.25, 0.3) is 0 Å². The van der Waals surface area contributed by atoms with Crippen molar-refractivity contribution < 1.29 is 9.53 Å². The molecule has 0 fully saturated rings. The summed E-state index contributed by atoms with van der Waals surface area (Å²) in [6.07, 6.45) is 0.732. The minimum atomic E-state index is -0.381. The Balaban J connectivity index is 2.03. The van der Waals surface area contributed by atoms with Gasteiger partial charge in [0.05, 0.1) is 17.7 Å². The van der Waals surface area contributed by atoms with Crippen LogP contribution in [-0.4, -0.2) is 5.78 Å². The Hall–Kier alpha value is -2.00. The molecule has 1 unspecified atom stereocenters. The normalized spacial score (nSPS) is 17.2. The molecule has 3 rings (SSSR count). The third-order valence-electron chi connectivity index (χ3n) is 3.77. The maximum absolute atomic E-state index is 12.4. The van der Waals surface area contributed by atoms with Crippen molar-refractivity contribution in [2.45, 2.75) is 25.9 Å². The van der Waals surface area contributed by atoms with Crippen LogP contribution in [0.3, 0.4) is 0 Å². The Morgan fingerprint density at radius 2 is 2.10 bits per heavy atom. The predicted molar refractivity (Wildman–Crippen MR) is 84.0 cm³/mol. The van der Waals surface area contributed by atoms with Crippen LogP contribution in [0.5, 0.6) is 5.75 Å². The average Bonchev–Trinajstić information content (AvgIpc) is 2.48. The first kappa shape index (κ1) is 14.0. The van der Waals surface area contributed by atoms with Gasteiger partial charge >= 0.3 is 0 Å². The average molecular weight is 302 g/mol. The zero-order valence-electron chi connectivity index (χ0n) is 11.7. The van der Waals surface area contributed by atoms with E-state index in [0.717, 1.165) is 17.5 Å². The van der Waals surface area contributed by atoms with Gasteiger partial charge in [0.1, 0.15) is 6.10 Å². The van der Waals surface area contributed by atoms with Gasteiger partial charge in [0, 0.05) is 10.6 Å². The highest BCUT2D eigenvalue weighted by atomic mass is 35.5. The molecule has 1 aliphatic rings. The Labute approximate surface area is 128 Å². The highest BCUT2D eigenvalue weighted by Crippen LogP contribution is 2.41. The maximum Gasteiger partial charge on any atom is 0.170 e. The Bertz CT molecular complexity index is 712. The van der Waals surface area contributed by atoms with E-state index < -0.39 is 0 Å². The van der Waals surface area contributed by atoms with E-state index in [1.165, 1.54) is 0 Å². The summed E-state index contributed by atoms with van der Waals surface area (Å²) in [4.78, 5) is 12.4. The molecule has 1 aliphatic heterocycles. The molecule has 0 saturated heterocycles. The molecule has 0 amide bonds. The maximum atomic E-state index is 12.4. The smallest absolute Gasteiger partial charge is 0.170 e. The van der Waals surface area contributed by atoms with Gasteiger partial charge in [-0.15, -0.1) is 0 Å². The van der Waals surface area contributed by atoms with Crippen LogP contribution in [-0.2, 0) is 6.42 Å². The van der Waals surface area contributed by atoms with Crippen molar-refractivity contribution in [2.75, 3.05) is 5.73 Å². The Kier molecular flexibility index (Phi) is 3.60. The molecule has 0 radical (unpaired) electrons. The van der Waals surface area contributed by atoms with Crippen molar-refractivity contribution in [3.8, 4) is 5.75 Å². The van der Waals surface area contributed by atoms with Crippen molar-refractivity contribution in [1.82, 2.24) is 0 Å². The summed E-state index contributed by atoms with van der Waals surface area (Å²) in [5.41, 5.74) is 8.99. The minimum Gasteiger partial charge on any atom is -0.482 e. The fraction of sp³-hybridized carbons (Fsp3) is 0.235. The Morgan fingerprint density at radius 1 is 1.33 bits per heavy atom. The first-order valence-corrected chi connectivity index (χ1v) is 7.34. The molecule has 0 aromatic heterocycles. The van der Waals surface area contributed by atoms with E-state index in [1.807, 2.05) is 37.3 Å². The van der Waals surface area contributed by atoms with Gasteiger partial charge < -0.3 is 10.5 Å². The van der Waals surface area contributed by atoms with E-state index in [4.69, 9.17) is 22.1 Å². The van der Waals surface area contributed by atoms with E-state index in [0.29, 0.717) is 22.0 Å². The monoisotopic (exact) mass is 301 g/mol. The van der Waals surface area contributed by atoms with Crippen LogP contribution in [0.4, 0.5) is 5.69 Å². The number of carbonyl (C=O) groups excluding carboxylic acids is 1. The number of rotatable bonds is 2. The lowest BCUT2D eigenvalue weighted by Gasteiger charge is -2.27. The number of benzene rings is 2. The zero-order valence-corrected chi connectivity index (χ0v) is 12.5.